The fraction of sp³-hybridized carbons (Fsp3) is 0.462. The van der Waals surface area contributed by atoms with Crippen LogP contribution in [-0.2, 0) is 5.41 Å². The summed E-state index contributed by atoms with van der Waals surface area (Å²) in [7, 11) is 0. The second-order valence-corrected chi connectivity index (χ2v) is 5.15. The van der Waals surface area contributed by atoms with E-state index in [1.807, 2.05) is 20.8 Å². The van der Waals surface area contributed by atoms with Crippen molar-refractivity contribution in [1.82, 2.24) is 5.32 Å². The summed E-state index contributed by atoms with van der Waals surface area (Å²) in [5, 5.41) is 3.34. The van der Waals surface area contributed by atoms with E-state index >= 15 is 0 Å². The Kier molecular flexibility index (Phi) is 7.66. The van der Waals surface area contributed by atoms with Crippen molar-refractivity contribution in [2.45, 2.75) is 26.2 Å². The number of aliphatic imine (C=N–C) groups is 1. The molecule has 0 amide bonds. The smallest absolute Gasteiger partial charge is 0.188 e. The zero-order valence-electron chi connectivity index (χ0n) is 11.3. The molecule has 19 heavy (non-hydrogen) atoms. The predicted octanol–water partition coefficient (Wildman–Crippen LogP) is 3.30. The van der Waals surface area contributed by atoms with E-state index in [1.165, 1.54) is 12.1 Å². The second-order valence-electron chi connectivity index (χ2n) is 4.74. The molecule has 0 aliphatic rings. The molecule has 108 valence electrons. The first kappa shape index (κ1) is 18.4. The van der Waals surface area contributed by atoms with Gasteiger partial charge in [-0.25, -0.2) is 4.39 Å². The average molecular weight is 400 g/mol. The van der Waals surface area contributed by atoms with Crippen LogP contribution in [0.4, 0.5) is 4.39 Å². The summed E-state index contributed by atoms with van der Waals surface area (Å²) in [6.45, 7) is 7.15. The highest BCUT2D eigenvalue weighted by Crippen LogP contribution is 2.30. The quantitative estimate of drug-likeness (QED) is 0.464. The monoisotopic (exact) mass is 399 g/mol. The van der Waals surface area contributed by atoms with Gasteiger partial charge in [-0.2, -0.15) is 0 Å². The van der Waals surface area contributed by atoms with Crippen molar-refractivity contribution < 1.29 is 4.39 Å². The van der Waals surface area contributed by atoms with E-state index in [2.05, 4.69) is 10.3 Å². The first-order valence-electron chi connectivity index (χ1n) is 5.86. The van der Waals surface area contributed by atoms with Gasteiger partial charge in [0, 0.05) is 17.0 Å². The molecule has 6 heteroatoms. The van der Waals surface area contributed by atoms with Crippen LogP contribution in [0.2, 0.25) is 5.02 Å². The van der Waals surface area contributed by atoms with Gasteiger partial charge in [-0.05, 0) is 24.6 Å². The maximum Gasteiger partial charge on any atom is 0.188 e. The summed E-state index contributed by atoms with van der Waals surface area (Å²) in [6, 6.07) is 4.41. The van der Waals surface area contributed by atoms with Crippen molar-refractivity contribution >= 4 is 41.5 Å². The number of nitrogens with one attached hydrogen (secondary N) is 1. The summed E-state index contributed by atoms with van der Waals surface area (Å²) < 4.78 is 13.0. The van der Waals surface area contributed by atoms with Crippen molar-refractivity contribution in [3.63, 3.8) is 0 Å². The summed E-state index contributed by atoms with van der Waals surface area (Å²) in [6.07, 6.45) is 0. The van der Waals surface area contributed by atoms with Crippen LogP contribution in [0.3, 0.4) is 0 Å². The minimum atomic E-state index is -0.338. The highest BCUT2D eigenvalue weighted by Gasteiger charge is 2.23. The van der Waals surface area contributed by atoms with Crippen LogP contribution in [0, 0.1) is 5.82 Å². The Morgan fingerprint density at radius 2 is 2.11 bits per heavy atom. The Labute approximate surface area is 135 Å². The Morgan fingerprint density at radius 3 is 2.63 bits per heavy atom. The Bertz CT molecular complexity index is 450. The molecule has 0 spiro atoms. The Morgan fingerprint density at radius 1 is 1.47 bits per heavy atom. The van der Waals surface area contributed by atoms with E-state index in [4.69, 9.17) is 17.3 Å². The minimum absolute atomic E-state index is 0. The van der Waals surface area contributed by atoms with Gasteiger partial charge in [-0.15, -0.1) is 24.0 Å². The van der Waals surface area contributed by atoms with Crippen LogP contribution in [0.15, 0.2) is 23.2 Å². The number of benzene rings is 1. The number of guanidine groups is 1. The molecule has 1 aromatic rings. The van der Waals surface area contributed by atoms with Crippen LogP contribution in [0.5, 0.6) is 0 Å². The molecule has 0 heterocycles. The SMILES string of the molecule is CCNC(N)=NCC(C)(C)c1ccc(F)cc1Cl.I. The first-order valence-corrected chi connectivity index (χ1v) is 6.24. The Hall–Kier alpha value is -0.560. The second kappa shape index (κ2) is 7.89. The number of nitrogens with two attached hydrogens (primary N) is 1. The summed E-state index contributed by atoms with van der Waals surface area (Å²) in [5.41, 5.74) is 6.24. The third-order valence-corrected chi connectivity index (χ3v) is 2.98. The highest BCUT2D eigenvalue weighted by atomic mass is 127. The van der Waals surface area contributed by atoms with Gasteiger partial charge < -0.3 is 11.1 Å². The lowest BCUT2D eigenvalue weighted by molar-refractivity contribution is 0.536. The minimum Gasteiger partial charge on any atom is -0.370 e. The van der Waals surface area contributed by atoms with Crippen molar-refractivity contribution in [3.05, 3.63) is 34.6 Å². The molecule has 0 bridgehead atoms. The van der Waals surface area contributed by atoms with Crippen LogP contribution in [-0.4, -0.2) is 19.0 Å². The largest absolute Gasteiger partial charge is 0.370 e. The lowest BCUT2D eigenvalue weighted by atomic mass is 9.84. The van der Waals surface area contributed by atoms with Crippen molar-refractivity contribution in [1.29, 1.82) is 0 Å². The molecular formula is C13H20ClFIN3. The maximum absolute atomic E-state index is 13.0. The number of halogens is 3. The molecule has 0 saturated carbocycles. The van der Waals surface area contributed by atoms with E-state index in [0.717, 1.165) is 12.1 Å². The molecule has 0 fully saturated rings. The molecule has 1 aromatic carbocycles. The van der Waals surface area contributed by atoms with Crippen LogP contribution in [0.25, 0.3) is 0 Å². The molecule has 0 aromatic heterocycles. The standard InChI is InChI=1S/C13H19ClFN3.HI/c1-4-17-12(16)18-8-13(2,3)10-6-5-9(15)7-11(10)14;/h5-7H,4,8H2,1-3H3,(H3,16,17,18);1H. The molecule has 0 atom stereocenters. The van der Waals surface area contributed by atoms with E-state index in [9.17, 15) is 4.39 Å². The Balaban J connectivity index is 0.00000324. The molecular weight excluding hydrogens is 380 g/mol. The first-order chi connectivity index (χ1) is 8.36. The zero-order chi connectivity index (χ0) is 13.8. The number of hydrogen-bond acceptors (Lipinski definition) is 1. The molecule has 0 aliphatic carbocycles. The van der Waals surface area contributed by atoms with E-state index in [1.54, 1.807) is 6.07 Å². The van der Waals surface area contributed by atoms with Crippen molar-refractivity contribution in [2.75, 3.05) is 13.1 Å². The van der Waals surface area contributed by atoms with E-state index in [0.29, 0.717) is 17.5 Å². The molecule has 3 nitrogen and oxygen atoms in total. The van der Waals surface area contributed by atoms with Gasteiger partial charge in [0.1, 0.15) is 5.82 Å². The summed E-state index contributed by atoms with van der Waals surface area (Å²) >= 11 is 6.06. The fourth-order valence-electron chi connectivity index (χ4n) is 1.64. The van der Waals surface area contributed by atoms with Gasteiger partial charge in [-0.1, -0.05) is 31.5 Å². The third kappa shape index (κ3) is 5.52. The van der Waals surface area contributed by atoms with E-state index in [-0.39, 0.29) is 35.2 Å². The summed E-state index contributed by atoms with van der Waals surface area (Å²) in [5.74, 6) is 0.0685. The van der Waals surface area contributed by atoms with Gasteiger partial charge >= 0.3 is 0 Å². The molecule has 0 aliphatic heterocycles. The van der Waals surface area contributed by atoms with Gasteiger partial charge in [0.15, 0.2) is 5.96 Å². The van der Waals surface area contributed by atoms with Gasteiger partial charge in [0.2, 0.25) is 0 Å². The molecule has 0 radical (unpaired) electrons. The van der Waals surface area contributed by atoms with Gasteiger partial charge in [0.25, 0.3) is 0 Å². The zero-order valence-corrected chi connectivity index (χ0v) is 14.4. The lowest BCUT2D eigenvalue weighted by Crippen LogP contribution is -2.33. The third-order valence-electron chi connectivity index (χ3n) is 2.66. The van der Waals surface area contributed by atoms with Crippen LogP contribution >= 0.6 is 35.6 Å². The number of hydrogen-bond donors (Lipinski definition) is 2. The average Bonchev–Trinajstić information content (AvgIpc) is 2.26. The lowest BCUT2D eigenvalue weighted by Gasteiger charge is -2.24. The molecule has 3 N–H and O–H groups in total. The topological polar surface area (TPSA) is 50.4 Å². The maximum atomic E-state index is 13.0. The van der Waals surface area contributed by atoms with Crippen molar-refractivity contribution in [2.24, 2.45) is 10.7 Å². The molecule has 1 rings (SSSR count). The van der Waals surface area contributed by atoms with Crippen molar-refractivity contribution in [3.8, 4) is 0 Å². The fourth-order valence-corrected chi connectivity index (χ4v) is 2.07. The van der Waals surface area contributed by atoms with Crippen LogP contribution in [0.1, 0.15) is 26.3 Å². The highest BCUT2D eigenvalue weighted by molar-refractivity contribution is 14.0. The number of rotatable bonds is 4. The normalized spacial score (nSPS) is 11.9. The molecule has 0 unspecified atom stereocenters. The van der Waals surface area contributed by atoms with E-state index < -0.39 is 0 Å². The van der Waals surface area contributed by atoms with Gasteiger partial charge in [0.05, 0.1) is 6.54 Å². The number of nitrogens with zero attached hydrogens (tertiary/aromatic N) is 1. The van der Waals surface area contributed by atoms with Gasteiger partial charge in [-0.3, -0.25) is 4.99 Å². The van der Waals surface area contributed by atoms with Crippen LogP contribution < -0.4 is 11.1 Å². The molecule has 0 saturated heterocycles. The summed E-state index contributed by atoms with van der Waals surface area (Å²) in [4.78, 5) is 4.26. The predicted molar refractivity (Wildman–Crippen MR) is 90.0 cm³/mol.